The van der Waals surface area contributed by atoms with Gasteiger partial charge in [0.05, 0.1) is 13.3 Å². The molecule has 1 aromatic carbocycles. The van der Waals surface area contributed by atoms with Crippen molar-refractivity contribution in [3.63, 3.8) is 0 Å². The summed E-state index contributed by atoms with van der Waals surface area (Å²) in [7, 11) is 1.41. The smallest absolute Gasteiger partial charge is 0.244 e. The number of ketones is 1. The Morgan fingerprint density at radius 3 is 2.34 bits per heavy atom. The third-order valence-electron chi connectivity index (χ3n) is 4.60. The van der Waals surface area contributed by atoms with Crippen molar-refractivity contribution < 1.29 is 14.3 Å². The molecule has 0 saturated carbocycles. The zero-order valence-corrected chi connectivity index (χ0v) is 19.2. The fraction of sp³-hybridized carbons (Fsp3) is 0.261. The number of ether oxygens (including phenoxy) is 1. The van der Waals surface area contributed by atoms with Gasteiger partial charge in [-0.15, -0.1) is 0 Å². The Morgan fingerprint density at radius 2 is 1.75 bits per heavy atom. The van der Waals surface area contributed by atoms with Gasteiger partial charge in [0, 0.05) is 40.2 Å². The summed E-state index contributed by atoms with van der Waals surface area (Å²) in [4.78, 5) is 45.2. The van der Waals surface area contributed by atoms with Gasteiger partial charge in [0.2, 0.25) is 11.3 Å². The largest absolute Gasteiger partial charge is 0.491 e. The van der Waals surface area contributed by atoms with Crippen LogP contribution in [0, 0.1) is 13.8 Å². The van der Waals surface area contributed by atoms with Crippen LogP contribution in [0.4, 0.5) is 5.69 Å². The van der Waals surface area contributed by atoms with Crippen LogP contribution in [0.1, 0.15) is 34.4 Å². The molecule has 3 rings (SSSR count). The second kappa shape index (κ2) is 10.2. The van der Waals surface area contributed by atoms with Gasteiger partial charge in [-0.25, -0.2) is 9.97 Å². The van der Waals surface area contributed by atoms with Crippen molar-refractivity contribution >= 4 is 29.1 Å². The third-order valence-corrected chi connectivity index (χ3v) is 5.48. The Bertz CT molecular complexity index is 1190. The van der Waals surface area contributed by atoms with Gasteiger partial charge < -0.3 is 14.6 Å². The summed E-state index contributed by atoms with van der Waals surface area (Å²) in [6.07, 6.45) is 1.53. The van der Waals surface area contributed by atoms with Gasteiger partial charge in [-0.3, -0.25) is 14.4 Å². The van der Waals surface area contributed by atoms with Crippen molar-refractivity contribution in [3.8, 4) is 5.75 Å². The van der Waals surface area contributed by atoms with E-state index in [1.54, 1.807) is 28.8 Å². The number of thioether (sulfide) groups is 1. The van der Waals surface area contributed by atoms with Crippen molar-refractivity contribution in [2.75, 3.05) is 12.4 Å². The van der Waals surface area contributed by atoms with E-state index in [0.29, 0.717) is 27.9 Å². The number of carbonyl (C=O) groups excluding carboxylic acids is 2. The lowest BCUT2D eigenvalue weighted by atomic mass is 10.1. The maximum absolute atomic E-state index is 12.7. The third kappa shape index (κ3) is 6.04. The van der Waals surface area contributed by atoms with Crippen molar-refractivity contribution in [2.45, 2.75) is 38.2 Å². The zero-order chi connectivity index (χ0) is 23.3. The first-order valence-corrected chi connectivity index (χ1v) is 10.9. The summed E-state index contributed by atoms with van der Waals surface area (Å²) in [5.74, 6) is 0.237. The van der Waals surface area contributed by atoms with Crippen molar-refractivity contribution in [1.29, 1.82) is 0 Å². The number of hydrogen-bond donors (Lipinski definition) is 1. The number of aryl methyl sites for hydroxylation is 2. The predicted molar refractivity (Wildman–Crippen MR) is 123 cm³/mol. The molecule has 166 valence electrons. The minimum absolute atomic E-state index is 0.0192. The van der Waals surface area contributed by atoms with Gasteiger partial charge in [-0.1, -0.05) is 11.8 Å². The van der Waals surface area contributed by atoms with Crippen LogP contribution >= 0.6 is 11.8 Å². The van der Waals surface area contributed by atoms with Gasteiger partial charge in [-0.05, 0) is 51.1 Å². The van der Waals surface area contributed by atoms with Gasteiger partial charge in [0.15, 0.2) is 16.7 Å². The van der Waals surface area contributed by atoms with E-state index in [0.717, 1.165) is 11.4 Å². The SMILES string of the molecule is COc1cn(CC(=O)Nc2ccc(C(C)=O)cc2)c(CSc2nc(C)cc(C)n2)cc1=O. The second-order valence-electron chi connectivity index (χ2n) is 7.23. The monoisotopic (exact) mass is 452 g/mol. The summed E-state index contributed by atoms with van der Waals surface area (Å²) in [5.41, 5.74) is 3.25. The van der Waals surface area contributed by atoms with Gasteiger partial charge in [-0.2, -0.15) is 0 Å². The van der Waals surface area contributed by atoms with E-state index in [-0.39, 0.29) is 29.4 Å². The molecule has 2 aromatic heterocycles. The number of methoxy groups -OCH3 is 1. The molecule has 2 heterocycles. The summed E-state index contributed by atoms with van der Waals surface area (Å²) in [6.45, 7) is 5.26. The van der Waals surface area contributed by atoms with Crippen LogP contribution in [0.25, 0.3) is 0 Å². The van der Waals surface area contributed by atoms with Crippen molar-refractivity contribution in [2.24, 2.45) is 0 Å². The van der Waals surface area contributed by atoms with Crippen LogP contribution in [0.3, 0.4) is 0 Å². The number of aromatic nitrogens is 3. The molecule has 0 atom stereocenters. The molecule has 0 unspecified atom stereocenters. The molecule has 8 nitrogen and oxygen atoms in total. The van der Waals surface area contributed by atoms with Crippen LogP contribution in [0.5, 0.6) is 5.75 Å². The number of nitrogens with zero attached hydrogens (tertiary/aromatic N) is 3. The fourth-order valence-electron chi connectivity index (χ4n) is 3.06. The highest BCUT2D eigenvalue weighted by Crippen LogP contribution is 2.21. The normalized spacial score (nSPS) is 10.6. The van der Waals surface area contributed by atoms with Crippen LogP contribution < -0.4 is 15.5 Å². The number of pyridine rings is 1. The van der Waals surface area contributed by atoms with Crippen LogP contribution in [-0.4, -0.2) is 33.3 Å². The van der Waals surface area contributed by atoms with Gasteiger partial charge in [0.25, 0.3) is 0 Å². The molecule has 0 aliphatic heterocycles. The van der Waals surface area contributed by atoms with E-state index in [1.165, 1.54) is 38.1 Å². The molecule has 1 N–H and O–H groups in total. The van der Waals surface area contributed by atoms with Gasteiger partial charge in [0.1, 0.15) is 6.54 Å². The maximum Gasteiger partial charge on any atom is 0.244 e. The number of rotatable bonds is 8. The van der Waals surface area contributed by atoms with Crippen LogP contribution in [-0.2, 0) is 17.1 Å². The summed E-state index contributed by atoms with van der Waals surface area (Å²) < 4.78 is 6.82. The Kier molecular flexibility index (Phi) is 7.42. The molecule has 1 amide bonds. The first-order valence-electron chi connectivity index (χ1n) is 9.88. The van der Waals surface area contributed by atoms with E-state index >= 15 is 0 Å². The molecule has 0 bridgehead atoms. The number of anilines is 1. The molecule has 0 saturated heterocycles. The average Bonchev–Trinajstić information content (AvgIpc) is 2.73. The van der Waals surface area contributed by atoms with Crippen LogP contribution in [0.2, 0.25) is 0 Å². The maximum atomic E-state index is 12.7. The number of amides is 1. The molecular weight excluding hydrogens is 428 g/mol. The number of nitrogens with one attached hydrogen (secondary N) is 1. The molecule has 0 radical (unpaired) electrons. The zero-order valence-electron chi connectivity index (χ0n) is 18.3. The first kappa shape index (κ1) is 23.2. The topological polar surface area (TPSA) is 103 Å². The molecule has 0 aliphatic carbocycles. The van der Waals surface area contributed by atoms with Crippen molar-refractivity contribution in [3.05, 3.63) is 75.5 Å². The van der Waals surface area contributed by atoms with E-state index in [2.05, 4.69) is 15.3 Å². The van der Waals surface area contributed by atoms with E-state index in [4.69, 9.17) is 4.74 Å². The number of Topliss-reactive ketones (excluding diaryl/α,β-unsaturated/α-hetero) is 1. The lowest BCUT2D eigenvalue weighted by Crippen LogP contribution is -2.22. The first-order chi connectivity index (χ1) is 15.2. The summed E-state index contributed by atoms with van der Waals surface area (Å²) >= 11 is 1.39. The summed E-state index contributed by atoms with van der Waals surface area (Å²) in [5, 5.41) is 3.41. The molecule has 32 heavy (non-hydrogen) atoms. The van der Waals surface area contributed by atoms with Gasteiger partial charge >= 0.3 is 0 Å². The Balaban J connectivity index is 1.78. The quantitative estimate of drug-likeness (QED) is 0.317. The molecule has 3 aromatic rings. The van der Waals surface area contributed by atoms with E-state index in [9.17, 15) is 14.4 Å². The lowest BCUT2D eigenvalue weighted by molar-refractivity contribution is -0.116. The second-order valence-corrected chi connectivity index (χ2v) is 8.17. The molecule has 0 spiro atoms. The Hall–Kier alpha value is -3.46. The molecule has 9 heteroatoms. The fourth-order valence-corrected chi connectivity index (χ4v) is 4.00. The minimum Gasteiger partial charge on any atom is -0.491 e. The highest BCUT2D eigenvalue weighted by atomic mass is 32.2. The Morgan fingerprint density at radius 1 is 1.09 bits per heavy atom. The number of carbonyl (C=O) groups is 2. The van der Waals surface area contributed by atoms with Crippen molar-refractivity contribution in [1.82, 2.24) is 14.5 Å². The number of benzene rings is 1. The predicted octanol–water partition coefficient (Wildman–Crippen LogP) is 3.40. The summed E-state index contributed by atoms with van der Waals surface area (Å²) in [6, 6.07) is 10.0. The highest BCUT2D eigenvalue weighted by molar-refractivity contribution is 7.98. The molecule has 0 fully saturated rings. The average molecular weight is 453 g/mol. The van der Waals surface area contributed by atoms with Crippen LogP contribution in [0.15, 0.2) is 52.5 Å². The van der Waals surface area contributed by atoms with E-state index in [1.807, 2.05) is 19.9 Å². The Labute approximate surface area is 190 Å². The standard InChI is InChI=1S/C23H24N4O4S/c1-14-9-15(2)25-23(24-14)32-13-19-10-20(29)21(31-4)11-27(19)12-22(30)26-18-7-5-17(6-8-18)16(3)28/h5-11H,12-13H2,1-4H3,(H,26,30). The minimum atomic E-state index is -0.278. The highest BCUT2D eigenvalue weighted by Gasteiger charge is 2.13. The molecule has 0 aliphatic rings. The lowest BCUT2D eigenvalue weighted by Gasteiger charge is -2.15. The van der Waals surface area contributed by atoms with E-state index < -0.39 is 0 Å². The molecular formula is C23H24N4O4S. The number of hydrogen-bond acceptors (Lipinski definition) is 7.